The van der Waals surface area contributed by atoms with Crippen LogP contribution in [-0.2, 0) is 16.2 Å². The minimum atomic E-state index is -4.58. The molecule has 25 heavy (non-hydrogen) atoms. The summed E-state index contributed by atoms with van der Waals surface area (Å²) in [7, 11) is -1.30. The summed E-state index contributed by atoms with van der Waals surface area (Å²) in [6, 6.07) is 7.47. The van der Waals surface area contributed by atoms with Crippen molar-refractivity contribution < 1.29 is 31.5 Å². The second-order valence-corrected chi connectivity index (χ2v) is 7.53. The van der Waals surface area contributed by atoms with E-state index in [-0.39, 0.29) is 16.0 Å². The van der Waals surface area contributed by atoms with Crippen molar-refractivity contribution in [1.29, 1.82) is 0 Å². The zero-order valence-electron chi connectivity index (χ0n) is 13.2. The largest absolute Gasteiger partial charge is 0.478 e. The first-order valence-electron chi connectivity index (χ1n) is 6.92. The minimum Gasteiger partial charge on any atom is -0.478 e. The molecule has 0 aromatic heterocycles. The molecule has 0 aliphatic rings. The Kier molecular flexibility index (Phi) is 4.92. The molecule has 0 unspecified atom stereocenters. The minimum absolute atomic E-state index is 0.00342. The van der Waals surface area contributed by atoms with Gasteiger partial charge in [0, 0.05) is 14.1 Å². The molecule has 1 N–H and O–H groups in total. The molecule has 0 fully saturated rings. The monoisotopic (exact) mass is 373 g/mol. The normalized spacial score (nSPS) is 12.4. The number of hydrogen-bond donors (Lipinski definition) is 1. The number of carboxylic acids is 1. The van der Waals surface area contributed by atoms with E-state index in [1.807, 2.05) is 0 Å². The third-order valence-corrected chi connectivity index (χ3v) is 5.31. The second-order valence-electron chi connectivity index (χ2n) is 5.38. The van der Waals surface area contributed by atoms with Gasteiger partial charge in [0.15, 0.2) is 0 Å². The van der Waals surface area contributed by atoms with Gasteiger partial charge in [-0.25, -0.2) is 17.5 Å². The van der Waals surface area contributed by atoms with Crippen LogP contribution in [0.4, 0.5) is 13.2 Å². The van der Waals surface area contributed by atoms with E-state index in [1.54, 1.807) is 0 Å². The molecule has 134 valence electrons. The molecule has 2 aromatic carbocycles. The maximum Gasteiger partial charge on any atom is 0.416 e. The number of nitrogens with zero attached hydrogens (tertiary/aromatic N) is 1. The van der Waals surface area contributed by atoms with Crippen LogP contribution in [-0.4, -0.2) is 37.9 Å². The predicted octanol–water partition coefficient (Wildman–Crippen LogP) is 3.32. The molecular formula is C16H14F3NO4S. The molecule has 2 rings (SSSR count). The summed E-state index contributed by atoms with van der Waals surface area (Å²) in [5.74, 6) is -1.44. The molecule has 0 aliphatic carbocycles. The molecule has 0 bridgehead atoms. The summed E-state index contributed by atoms with van der Waals surface area (Å²) >= 11 is 0. The van der Waals surface area contributed by atoms with Crippen molar-refractivity contribution in [2.75, 3.05) is 14.1 Å². The van der Waals surface area contributed by atoms with Crippen molar-refractivity contribution >= 4 is 16.0 Å². The fraction of sp³-hybridized carbons (Fsp3) is 0.188. The first kappa shape index (κ1) is 18.9. The molecule has 0 radical (unpaired) electrons. The zero-order valence-corrected chi connectivity index (χ0v) is 14.0. The van der Waals surface area contributed by atoms with E-state index in [1.165, 1.54) is 26.2 Å². The van der Waals surface area contributed by atoms with Gasteiger partial charge in [-0.2, -0.15) is 13.2 Å². The number of benzene rings is 2. The van der Waals surface area contributed by atoms with Crippen LogP contribution in [0.1, 0.15) is 15.9 Å². The standard InChI is InChI=1S/C16H14F3NO4S/c1-20(2)25(23,24)12-6-7-13(14(9-12)15(21)22)10-4-3-5-11(8-10)16(17,18)19/h3-9H,1-2H3,(H,21,22). The van der Waals surface area contributed by atoms with E-state index in [0.717, 1.165) is 34.6 Å². The molecule has 2 aromatic rings. The number of carboxylic acid groups (broad SMARTS) is 1. The lowest BCUT2D eigenvalue weighted by Gasteiger charge is -2.14. The van der Waals surface area contributed by atoms with Crippen molar-refractivity contribution in [1.82, 2.24) is 4.31 Å². The number of aromatic carboxylic acids is 1. The van der Waals surface area contributed by atoms with Crippen molar-refractivity contribution in [3.63, 3.8) is 0 Å². The summed E-state index contributed by atoms with van der Waals surface area (Å²) in [5.41, 5.74) is -1.30. The van der Waals surface area contributed by atoms with E-state index in [4.69, 9.17) is 0 Å². The highest BCUT2D eigenvalue weighted by Crippen LogP contribution is 2.34. The summed E-state index contributed by atoms with van der Waals surface area (Å²) in [4.78, 5) is 11.2. The van der Waals surface area contributed by atoms with Gasteiger partial charge in [-0.15, -0.1) is 0 Å². The quantitative estimate of drug-likeness (QED) is 0.892. The molecule has 0 spiro atoms. The molecule has 0 heterocycles. The van der Waals surface area contributed by atoms with Gasteiger partial charge >= 0.3 is 12.1 Å². The Morgan fingerprint density at radius 1 is 1.08 bits per heavy atom. The van der Waals surface area contributed by atoms with Crippen molar-refractivity contribution in [2.45, 2.75) is 11.1 Å². The summed E-state index contributed by atoms with van der Waals surface area (Å²) < 4.78 is 63.7. The SMILES string of the molecule is CN(C)S(=O)(=O)c1ccc(-c2cccc(C(F)(F)F)c2)c(C(=O)O)c1. The zero-order chi connectivity index (χ0) is 19.0. The van der Waals surface area contributed by atoms with Crippen LogP contribution in [0.2, 0.25) is 0 Å². The van der Waals surface area contributed by atoms with Crippen molar-refractivity contribution in [2.24, 2.45) is 0 Å². The van der Waals surface area contributed by atoms with Gasteiger partial charge in [0.25, 0.3) is 0 Å². The lowest BCUT2D eigenvalue weighted by Crippen LogP contribution is -2.22. The Hall–Kier alpha value is -2.39. The van der Waals surface area contributed by atoms with Gasteiger partial charge in [-0.3, -0.25) is 0 Å². The second kappa shape index (κ2) is 6.49. The number of hydrogen-bond acceptors (Lipinski definition) is 3. The van der Waals surface area contributed by atoms with E-state index in [9.17, 15) is 31.5 Å². The third kappa shape index (κ3) is 3.83. The Balaban J connectivity index is 2.66. The van der Waals surface area contributed by atoms with Gasteiger partial charge < -0.3 is 5.11 Å². The van der Waals surface area contributed by atoms with Crippen LogP contribution in [0.5, 0.6) is 0 Å². The summed E-state index contributed by atoms with van der Waals surface area (Å²) in [6.07, 6.45) is -4.58. The average Bonchev–Trinajstić information content (AvgIpc) is 2.53. The Bertz CT molecular complexity index is 921. The summed E-state index contributed by atoms with van der Waals surface area (Å²) in [5, 5.41) is 9.35. The Morgan fingerprint density at radius 2 is 1.72 bits per heavy atom. The Morgan fingerprint density at radius 3 is 2.24 bits per heavy atom. The number of sulfonamides is 1. The van der Waals surface area contributed by atoms with E-state index in [0.29, 0.717) is 0 Å². The van der Waals surface area contributed by atoms with E-state index in [2.05, 4.69) is 0 Å². The first-order chi connectivity index (χ1) is 11.4. The van der Waals surface area contributed by atoms with Crippen molar-refractivity contribution in [3.8, 4) is 11.1 Å². The van der Waals surface area contributed by atoms with Gasteiger partial charge in [-0.1, -0.05) is 18.2 Å². The number of rotatable bonds is 4. The van der Waals surface area contributed by atoms with Crippen LogP contribution in [0.25, 0.3) is 11.1 Å². The molecule has 9 heteroatoms. The fourth-order valence-corrected chi connectivity index (χ4v) is 3.11. The number of carbonyl (C=O) groups is 1. The van der Waals surface area contributed by atoms with Gasteiger partial charge in [0.1, 0.15) is 0 Å². The molecule has 0 saturated heterocycles. The lowest BCUT2D eigenvalue weighted by atomic mass is 9.98. The third-order valence-electron chi connectivity index (χ3n) is 3.50. The average molecular weight is 373 g/mol. The lowest BCUT2D eigenvalue weighted by molar-refractivity contribution is -0.137. The van der Waals surface area contributed by atoms with Crippen LogP contribution in [0, 0.1) is 0 Å². The van der Waals surface area contributed by atoms with E-state index >= 15 is 0 Å². The van der Waals surface area contributed by atoms with Gasteiger partial charge in [-0.05, 0) is 35.4 Å². The predicted molar refractivity (Wildman–Crippen MR) is 84.7 cm³/mol. The topological polar surface area (TPSA) is 74.7 Å². The highest BCUT2D eigenvalue weighted by Gasteiger charge is 2.31. The highest BCUT2D eigenvalue weighted by molar-refractivity contribution is 7.89. The van der Waals surface area contributed by atoms with Crippen LogP contribution >= 0.6 is 0 Å². The van der Waals surface area contributed by atoms with E-state index < -0.39 is 33.3 Å². The maximum atomic E-state index is 12.9. The molecular weight excluding hydrogens is 359 g/mol. The first-order valence-corrected chi connectivity index (χ1v) is 8.36. The van der Waals surface area contributed by atoms with Crippen molar-refractivity contribution in [3.05, 3.63) is 53.6 Å². The van der Waals surface area contributed by atoms with Crippen LogP contribution < -0.4 is 0 Å². The molecule has 0 aliphatic heterocycles. The van der Waals surface area contributed by atoms with Crippen LogP contribution in [0.15, 0.2) is 47.4 Å². The molecule has 0 atom stereocenters. The molecule has 0 amide bonds. The number of halogens is 3. The smallest absolute Gasteiger partial charge is 0.416 e. The fourth-order valence-electron chi connectivity index (χ4n) is 2.19. The van der Waals surface area contributed by atoms with Gasteiger partial charge in [0.05, 0.1) is 16.0 Å². The van der Waals surface area contributed by atoms with Crippen LogP contribution in [0.3, 0.4) is 0 Å². The maximum absolute atomic E-state index is 12.9. The molecule has 0 saturated carbocycles. The Labute approximate surface area is 142 Å². The number of alkyl halides is 3. The summed E-state index contributed by atoms with van der Waals surface area (Å²) in [6.45, 7) is 0. The highest BCUT2D eigenvalue weighted by atomic mass is 32.2. The van der Waals surface area contributed by atoms with Gasteiger partial charge in [0.2, 0.25) is 10.0 Å². The molecule has 5 nitrogen and oxygen atoms in total.